The number of rotatable bonds is 4. The van der Waals surface area contributed by atoms with Crippen LogP contribution >= 0.6 is 0 Å². The number of allylic oxidation sites excluding steroid dienone is 2. The second kappa shape index (κ2) is 5.17. The molecule has 0 radical (unpaired) electrons. The van der Waals surface area contributed by atoms with E-state index < -0.39 is 4.92 Å². The fourth-order valence-corrected chi connectivity index (χ4v) is 0.692. The van der Waals surface area contributed by atoms with Crippen molar-refractivity contribution in [2.75, 3.05) is 6.54 Å². The summed E-state index contributed by atoms with van der Waals surface area (Å²) < 4.78 is 0. The van der Waals surface area contributed by atoms with Crippen molar-refractivity contribution in [3.8, 4) is 0 Å². The van der Waals surface area contributed by atoms with Crippen LogP contribution in [0.25, 0.3) is 0 Å². The molecule has 0 saturated heterocycles. The lowest BCUT2D eigenvalue weighted by Crippen LogP contribution is -2.15. The molecule has 0 aromatic heterocycles. The largest absolute Gasteiger partial charge is 0.405 e. The Hall–Kier alpha value is -1.52. The van der Waals surface area contributed by atoms with E-state index in [0.29, 0.717) is 12.2 Å². The number of nitrogens with two attached hydrogens (primary N) is 1. The minimum Gasteiger partial charge on any atom is -0.405 e. The molecule has 0 aromatic rings. The van der Waals surface area contributed by atoms with Crippen LogP contribution in [0.3, 0.4) is 0 Å². The van der Waals surface area contributed by atoms with E-state index in [1.54, 1.807) is 0 Å². The lowest BCUT2D eigenvalue weighted by Gasteiger charge is -2.02. The van der Waals surface area contributed by atoms with Crippen molar-refractivity contribution < 1.29 is 4.92 Å². The maximum atomic E-state index is 10.3. The van der Waals surface area contributed by atoms with Crippen molar-refractivity contribution in [3.05, 3.63) is 33.8 Å². The van der Waals surface area contributed by atoms with E-state index in [0.717, 1.165) is 0 Å². The Balaban J connectivity index is 4.66. The van der Waals surface area contributed by atoms with E-state index in [4.69, 9.17) is 5.73 Å². The number of likely N-dealkylation sites (N-methyl/N-ethyl adjacent to an activating group) is 1. The predicted molar refractivity (Wildman–Crippen MR) is 46.7 cm³/mol. The molecule has 0 spiro atoms. The topological polar surface area (TPSA) is 81.2 Å². The Bertz CT molecular complexity index is 221. The fraction of sp³-hybridized carbons (Fsp3) is 0.429. The van der Waals surface area contributed by atoms with Gasteiger partial charge in [-0.15, -0.1) is 0 Å². The van der Waals surface area contributed by atoms with Crippen LogP contribution in [0.15, 0.2) is 23.7 Å². The van der Waals surface area contributed by atoms with Crippen molar-refractivity contribution >= 4 is 0 Å². The van der Waals surface area contributed by atoms with Crippen LogP contribution in [-0.2, 0) is 0 Å². The molecule has 5 heteroatoms. The van der Waals surface area contributed by atoms with E-state index in [-0.39, 0.29) is 5.70 Å². The molecule has 3 N–H and O–H groups in total. The van der Waals surface area contributed by atoms with Crippen LogP contribution in [0.5, 0.6) is 0 Å². The number of hydrogen-bond donors (Lipinski definition) is 2. The normalized spacial score (nSPS) is 12.8. The number of nitrogens with zero attached hydrogens (tertiary/aromatic N) is 1. The van der Waals surface area contributed by atoms with Crippen LogP contribution in [-0.4, -0.2) is 11.5 Å². The SMILES string of the molecule is CCNC(/C=C\N)=C(/C)[N+](=O)[O-]. The maximum Gasteiger partial charge on any atom is 0.266 e. The van der Waals surface area contributed by atoms with Gasteiger partial charge in [-0.3, -0.25) is 10.1 Å². The molecule has 5 nitrogen and oxygen atoms in total. The van der Waals surface area contributed by atoms with Gasteiger partial charge in [-0.1, -0.05) is 0 Å². The summed E-state index contributed by atoms with van der Waals surface area (Å²) in [5.74, 6) is 0. The first-order chi connectivity index (χ1) is 5.63. The summed E-state index contributed by atoms with van der Waals surface area (Å²) >= 11 is 0. The van der Waals surface area contributed by atoms with Gasteiger partial charge in [-0.25, -0.2) is 0 Å². The Labute approximate surface area is 71.1 Å². The first kappa shape index (κ1) is 10.5. The molecular formula is C7H13N3O2. The average Bonchev–Trinajstić information content (AvgIpc) is 2.03. The summed E-state index contributed by atoms with van der Waals surface area (Å²) in [6.45, 7) is 3.92. The van der Waals surface area contributed by atoms with Crippen molar-refractivity contribution in [3.63, 3.8) is 0 Å². The Kier molecular flexibility index (Phi) is 4.52. The van der Waals surface area contributed by atoms with Crippen molar-refractivity contribution in [1.82, 2.24) is 5.32 Å². The second-order valence-electron chi connectivity index (χ2n) is 2.15. The molecule has 0 unspecified atom stereocenters. The molecular weight excluding hydrogens is 158 g/mol. The highest BCUT2D eigenvalue weighted by Gasteiger charge is 2.08. The Morgan fingerprint density at radius 2 is 2.33 bits per heavy atom. The molecule has 0 heterocycles. The highest BCUT2D eigenvalue weighted by atomic mass is 16.6. The fourth-order valence-electron chi connectivity index (χ4n) is 0.692. The quantitative estimate of drug-likeness (QED) is 0.368. The number of hydrogen-bond acceptors (Lipinski definition) is 4. The van der Waals surface area contributed by atoms with Crippen LogP contribution in [0.2, 0.25) is 0 Å². The van der Waals surface area contributed by atoms with Crippen LogP contribution in [0, 0.1) is 10.1 Å². The van der Waals surface area contributed by atoms with Crippen molar-refractivity contribution in [2.45, 2.75) is 13.8 Å². The average molecular weight is 171 g/mol. The third-order valence-corrected chi connectivity index (χ3v) is 1.29. The van der Waals surface area contributed by atoms with Crippen LogP contribution in [0.1, 0.15) is 13.8 Å². The molecule has 12 heavy (non-hydrogen) atoms. The molecule has 0 aliphatic heterocycles. The van der Waals surface area contributed by atoms with Gasteiger partial charge in [-0.2, -0.15) is 0 Å². The maximum absolute atomic E-state index is 10.3. The van der Waals surface area contributed by atoms with Gasteiger partial charge >= 0.3 is 0 Å². The number of nitro groups is 1. The first-order valence-corrected chi connectivity index (χ1v) is 3.60. The van der Waals surface area contributed by atoms with Gasteiger partial charge < -0.3 is 11.1 Å². The van der Waals surface area contributed by atoms with Gasteiger partial charge in [0.25, 0.3) is 5.70 Å². The van der Waals surface area contributed by atoms with Gasteiger partial charge in [-0.05, 0) is 19.2 Å². The van der Waals surface area contributed by atoms with Gasteiger partial charge in [0.1, 0.15) is 5.70 Å². The molecule has 0 fully saturated rings. The zero-order chi connectivity index (χ0) is 9.56. The third kappa shape index (κ3) is 3.05. The van der Waals surface area contributed by atoms with E-state index in [9.17, 15) is 10.1 Å². The van der Waals surface area contributed by atoms with Gasteiger partial charge in [0.15, 0.2) is 0 Å². The Morgan fingerprint density at radius 1 is 1.75 bits per heavy atom. The van der Waals surface area contributed by atoms with Crippen LogP contribution in [0.4, 0.5) is 0 Å². The molecule has 68 valence electrons. The molecule has 0 atom stereocenters. The molecule has 0 rings (SSSR count). The highest BCUT2D eigenvalue weighted by molar-refractivity contribution is 5.18. The van der Waals surface area contributed by atoms with E-state index >= 15 is 0 Å². The zero-order valence-electron chi connectivity index (χ0n) is 7.20. The molecule has 0 aromatic carbocycles. The zero-order valence-corrected chi connectivity index (χ0v) is 7.20. The van der Waals surface area contributed by atoms with Crippen LogP contribution < -0.4 is 11.1 Å². The lowest BCUT2D eigenvalue weighted by molar-refractivity contribution is -0.425. The monoisotopic (exact) mass is 171 g/mol. The molecule has 0 aliphatic rings. The molecule has 0 amide bonds. The van der Waals surface area contributed by atoms with Gasteiger partial charge in [0.2, 0.25) is 0 Å². The Morgan fingerprint density at radius 3 is 2.67 bits per heavy atom. The first-order valence-electron chi connectivity index (χ1n) is 3.60. The second-order valence-corrected chi connectivity index (χ2v) is 2.15. The minimum atomic E-state index is -0.446. The van der Waals surface area contributed by atoms with Gasteiger partial charge in [0, 0.05) is 13.5 Å². The molecule has 0 bridgehead atoms. The van der Waals surface area contributed by atoms with Crippen molar-refractivity contribution in [1.29, 1.82) is 0 Å². The highest BCUT2D eigenvalue weighted by Crippen LogP contribution is 2.01. The standard InChI is InChI=1S/C7H13N3O2/c1-3-9-7(4-5-8)6(2)10(11)12/h4-5,9H,3,8H2,1-2H3/b5-4-,7-6-. The summed E-state index contributed by atoms with van der Waals surface area (Å²) in [5, 5.41) is 13.2. The summed E-state index contributed by atoms with van der Waals surface area (Å²) in [4.78, 5) is 9.88. The minimum absolute atomic E-state index is 0.0681. The van der Waals surface area contributed by atoms with E-state index in [2.05, 4.69) is 5.32 Å². The van der Waals surface area contributed by atoms with Crippen molar-refractivity contribution in [2.24, 2.45) is 5.73 Å². The number of nitrogens with one attached hydrogen (secondary N) is 1. The smallest absolute Gasteiger partial charge is 0.266 e. The van der Waals surface area contributed by atoms with Gasteiger partial charge in [0.05, 0.1) is 4.92 Å². The summed E-state index contributed by atoms with van der Waals surface area (Å²) in [6.07, 6.45) is 2.74. The van der Waals surface area contributed by atoms with E-state index in [1.807, 2.05) is 6.92 Å². The lowest BCUT2D eigenvalue weighted by atomic mass is 10.3. The molecule has 0 saturated carbocycles. The summed E-state index contributed by atoms with van der Waals surface area (Å²) in [5.41, 5.74) is 5.64. The van der Waals surface area contributed by atoms with E-state index in [1.165, 1.54) is 19.2 Å². The summed E-state index contributed by atoms with van der Waals surface area (Å²) in [6, 6.07) is 0. The molecule has 0 aliphatic carbocycles. The summed E-state index contributed by atoms with van der Waals surface area (Å²) in [7, 11) is 0. The predicted octanol–water partition coefficient (Wildman–Crippen LogP) is 0.577. The third-order valence-electron chi connectivity index (χ3n) is 1.29.